The first kappa shape index (κ1) is 15.3. The zero-order valence-electron chi connectivity index (χ0n) is 13.6. The van der Waals surface area contributed by atoms with Crippen LogP contribution in [0.5, 0.6) is 0 Å². The second-order valence-electron chi connectivity index (χ2n) is 6.13. The van der Waals surface area contributed by atoms with Gasteiger partial charge in [0, 0.05) is 36.3 Å². The number of benzene rings is 1. The van der Waals surface area contributed by atoms with Crippen LogP contribution in [-0.4, -0.2) is 22.0 Å². The number of aromatic nitrogens is 2. The van der Waals surface area contributed by atoms with Gasteiger partial charge < -0.3 is 9.88 Å². The van der Waals surface area contributed by atoms with Crippen LogP contribution in [0.1, 0.15) is 28.0 Å². The van der Waals surface area contributed by atoms with Crippen molar-refractivity contribution in [3.63, 3.8) is 0 Å². The second-order valence-corrected chi connectivity index (χ2v) is 6.13. The highest BCUT2D eigenvalue weighted by Gasteiger charge is 2.24. The van der Waals surface area contributed by atoms with Crippen molar-refractivity contribution in [1.82, 2.24) is 14.9 Å². The molecule has 124 valence electrons. The smallest absolute Gasteiger partial charge is 0.268 e. The van der Waals surface area contributed by atoms with Gasteiger partial charge in [0.2, 0.25) is 5.95 Å². The lowest BCUT2D eigenvalue weighted by molar-refractivity contribution is 0.0951. The highest BCUT2D eigenvalue weighted by atomic mass is 19.1. The molecule has 0 atom stereocenters. The van der Waals surface area contributed by atoms with Gasteiger partial charge >= 0.3 is 0 Å². The van der Waals surface area contributed by atoms with Crippen LogP contribution in [0.15, 0.2) is 30.5 Å². The Morgan fingerprint density at radius 1 is 1.36 bits per heavy atom. The van der Waals surface area contributed by atoms with Crippen molar-refractivity contribution in [2.75, 3.05) is 6.54 Å². The van der Waals surface area contributed by atoms with Crippen LogP contribution in [0.25, 0.3) is 22.0 Å². The lowest BCUT2D eigenvalue weighted by Crippen LogP contribution is -2.23. The highest BCUT2D eigenvalue weighted by molar-refractivity contribution is 6.06. The predicted molar refractivity (Wildman–Crippen MR) is 91.5 cm³/mol. The average Bonchev–Trinajstić information content (AvgIpc) is 2.76. The number of amides is 1. The third-order valence-corrected chi connectivity index (χ3v) is 4.63. The predicted octanol–water partition coefficient (Wildman–Crippen LogP) is 3.16. The van der Waals surface area contributed by atoms with Crippen LogP contribution in [0.3, 0.4) is 0 Å². The summed E-state index contributed by atoms with van der Waals surface area (Å²) in [6, 6.07) is 8.75. The van der Waals surface area contributed by atoms with Crippen LogP contribution in [-0.2, 0) is 6.54 Å². The van der Waals surface area contributed by atoms with Gasteiger partial charge in [-0.3, -0.25) is 4.79 Å². The van der Waals surface area contributed by atoms with Gasteiger partial charge in [-0.05, 0) is 42.7 Å². The zero-order chi connectivity index (χ0) is 17.6. The molecular weight excluding hydrogens is 319 g/mol. The highest BCUT2D eigenvalue weighted by Crippen LogP contribution is 2.36. The summed E-state index contributed by atoms with van der Waals surface area (Å²) < 4.78 is 15.6. The van der Waals surface area contributed by atoms with E-state index in [4.69, 9.17) is 0 Å². The van der Waals surface area contributed by atoms with Gasteiger partial charge in [-0.2, -0.15) is 9.65 Å². The summed E-state index contributed by atoms with van der Waals surface area (Å²) in [5.74, 6) is -0.693. The first-order chi connectivity index (χ1) is 12.1. The van der Waals surface area contributed by atoms with E-state index in [0.29, 0.717) is 29.9 Å². The minimum Gasteiger partial charge on any atom is -0.351 e. The summed E-state index contributed by atoms with van der Waals surface area (Å²) in [5.41, 5.74) is 4.15. The first-order valence-electron chi connectivity index (χ1n) is 8.07. The Balaban J connectivity index is 2.14. The van der Waals surface area contributed by atoms with E-state index in [9.17, 15) is 14.4 Å². The molecule has 5 nitrogen and oxygen atoms in total. The van der Waals surface area contributed by atoms with Gasteiger partial charge in [-0.25, -0.2) is 4.98 Å². The third kappa shape index (κ3) is 2.36. The number of fused-ring (bicyclic) bond motifs is 3. The Morgan fingerprint density at radius 2 is 2.20 bits per heavy atom. The van der Waals surface area contributed by atoms with Crippen LogP contribution in [0.2, 0.25) is 0 Å². The van der Waals surface area contributed by atoms with Crippen molar-refractivity contribution in [3.05, 3.63) is 53.2 Å². The maximum atomic E-state index is 13.7. The molecule has 4 rings (SSSR count). The molecule has 0 bridgehead atoms. The Hall–Kier alpha value is -3.20. The molecular formula is C19H15FN4O. The number of nitrogens with one attached hydrogen (secondary N) is 1. The fourth-order valence-electron chi connectivity index (χ4n) is 3.55. The van der Waals surface area contributed by atoms with Gasteiger partial charge in [0.15, 0.2) is 0 Å². The molecule has 0 fully saturated rings. The van der Waals surface area contributed by atoms with Crippen LogP contribution in [0.4, 0.5) is 4.39 Å². The van der Waals surface area contributed by atoms with Crippen LogP contribution < -0.4 is 5.32 Å². The largest absolute Gasteiger partial charge is 0.351 e. The molecule has 0 radical (unpaired) electrons. The molecule has 1 aromatic carbocycles. The average molecular weight is 334 g/mol. The Morgan fingerprint density at radius 3 is 2.96 bits per heavy atom. The number of halogens is 1. The van der Waals surface area contributed by atoms with Crippen molar-refractivity contribution in [1.29, 1.82) is 5.26 Å². The minimum absolute atomic E-state index is 0.114. The number of aryl methyl sites for hydroxylation is 2. The number of nitriles is 1. The number of pyridine rings is 1. The van der Waals surface area contributed by atoms with Crippen molar-refractivity contribution >= 4 is 16.8 Å². The monoisotopic (exact) mass is 334 g/mol. The van der Waals surface area contributed by atoms with E-state index in [-0.39, 0.29) is 5.91 Å². The maximum absolute atomic E-state index is 13.7. The molecule has 25 heavy (non-hydrogen) atoms. The standard InChI is InChI=1S/C19H15FN4O/c1-11-14-7-12(10-21)8-15(13-3-5-22-16(20)9-13)18(14)24-6-2-4-23-19(25)17(11)24/h3,5,7-9H,2,4,6H2,1H3,(H,23,25). The van der Waals surface area contributed by atoms with Crippen molar-refractivity contribution < 1.29 is 9.18 Å². The second kappa shape index (κ2) is 5.71. The summed E-state index contributed by atoms with van der Waals surface area (Å²) in [4.78, 5) is 16.1. The fraction of sp³-hybridized carbons (Fsp3) is 0.211. The van der Waals surface area contributed by atoms with Gasteiger partial charge in [-0.15, -0.1) is 0 Å². The topological polar surface area (TPSA) is 70.7 Å². The number of carbonyl (C=O) groups excluding carboxylic acids is 1. The van der Waals surface area contributed by atoms with E-state index in [0.717, 1.165) is 28.5 Å². The van der Waals surface area contributed by atoms with Crippen molar-refractivity contribution in [2.45, 2.75) is 19.9 Å². The fourth-order valence-corrected chi connectivity index (χ4v) is 3.55. The molecule has 3 heterocycles. The molecule has 1 aliphatic rings. The molecule has 0 aliphatic carbocycles. The lowest BCUT2D eigenvalue weighted by Gasteiger charge is -2.11. The summed E-state index contributed by atoms with van der Waals surface area (Å²) in [6.45, 7) is 3.19. The normalized spacial score (nSPS) is 13.9. The number of rotatable bonds is 1. The van der Waals surface area contributed by atoms with Crippen LogP contribution in [0, 0.1) is 24.2 Å². The van der Waals surface area contributed by atoms with E-state index in [1.807, 2.05) is 11.5 Å². The molecule has 3 aromatic rings. The van der Waals surface area contributed by atoms with E-state index < -0.39 is 5.95 Å². The van der Waals surface area contributed by atoms with E-state index in [2.05, 4.69) is 16.4 Å². The first-order valence-corrected chi connectivity index (χ1v) is 8.07. The Labute approximate surface area is 143 Å². The van der Waals surface area contributed by atoms with E-state index in [1.54, 1.807) is 18.2 Å². The number of nitrogens with zero attached hydrogens (tertiary/aromatic N) is 3. The van der Waals surface area contributed by atoms with Gasteiger partial charge in [0.05, 0.1) is 17.1 Å². The molecule has 0 unspecified atom stereocenters. The molecule has 1 amide bonds. The summed E-state index contributed by atoms with van der Waals surface area (Å²) in [5, 5.41) is 13.1. The number of hydrogen-bond acceptors (Lipinski definition) is 3. The molecule has 6 heteroatoms. The summed E-state index contributed by atoms with van der Waals surface area (Å²) in [7, 11) is 0. The van der Waals surface area contributed by atoms with Gasteiger partial charge in [0.1, 0.15) is 5.69 Å². The SMILES string of the molecule is Cc1c2n(c3c(-c4ccnc(F)c4)cc(C#N)cc13)CCCNC2=O. The molecule has 0 saturated heterocycles. The number of carbonyl (C=O) groups is 1. The lowest BCUT2D eigenvalue weighted by atomic mass is 9.99. The Kier molecular flexibility index (Phi) is 3.50. The summed E-state index contributed by atoms with van der Waals surface area (Å²) >= 11 is 0. The van der Waals surface area contributed by atoms with Gasteiger partial charge in [0.25, 0.3) is 5.91 Å². The molecule has 1 N–H and O–H groups in total. The van der Waals surface area contributed by atoms with Gasteiger partial charge in [-0.1, -0.05) is 0 Å². The minimum atomic E-state index is -0.579. The zero-order valence-corrected chi connectivity index (χ0v) is 13.6. The molecule has 0 spiro atoms. The molecule has 0 saturated carbocycles. The van der Waals surface area contributed by atoms with E-state index >= 15 is 0 Å². The molecule has 2 aromatic heterocycles. The maximum Gasteiger partial charge on any atom is 0.268 e. The van der Waals surface area contributed by atoms with Crippen molar-refractivity contribution in [3.8, 4) is 17.2 Å². The third-order valence-electron chi connectivity index (χ3n) is 4.63. The van der Waals surface area contributed by atoms with Crippen molar-refractivity contribution in [2.24, 2.45) is 0 Å². The Bertz CT molecular complexity index is 1060. The number of hydrogen-bond donors (Lipinski definition) is 1. The van der Waals surface area contributed by atoms with E-state index in [1.165, 1.54) is 12.3 Å². The quantitative estimate of drug-likeness (QED) is 0.695. The van der Waals surface area contributed by atoms with Crippen LogP contribution >= 0.6 is 0 Å². The molecule has 1 aliphatic heterocycles. The summed E-state index contributed by atoms with van der Waals surface area (Å²) in [6.07, 6.45) is 2.22.